The Morgan fingerprint density at radius 1 is 1.35 bits per heavy atom. The maximum absolute atomic E-state index is 12.4. The Hall–Kier alpha value is -3.46. The first-order valence-corrected chi connectivity index (χ1v) is 10.4. The fourth-order valence-corrected chi connectivity index (χ4v) is 3.68. The summed E-state index contributed by atoms with van der Waals surface area (Å²) in [5, 5.41) is 18.4. The van der Waals surface area contributed by atoms with E-state index in [9.17, 15) is 14.7 Å². The van der Waals surface area contributed by atoms with Crippen LogP contribution in [-0.4, -0.2) is 50.5 Å². The largest absolute Gasteiger partial charge is 0.465 e. The minimum absolute atomic E-state index is 0.165. The van der Waals surface area contributed by atoms with Gasteiger partial charge in [-0.15, -0.1) is 0 Å². The van der Waals surface area contributed by atoms with Gasteiger partial charge in [-0.3, -0.25) is 14.4 Å². The van der Waals surface area contributed by atoms with Crippen molar-refractivity contribution in [2.45, 2.75) is 32.2 Å². The van der Waals surface area contributed by atoms with Gasteiger partial charge in [-0.25, -0.2) is 9.48 Å². The van der Waals surface area contributed by atoms with E-state index in [0.29, 0.717) is 37.4 Å². The highest BCUT2D eigenvalue weighted by atomic mass is 16.5. The summed E-state index contributed by atoms with van der Waals surface area (Å²) < 4.78 is 8.93. The number of ether oxygens (including phenoxy) is 1. The van der Waals surface area contributed by atoms with E-state index in [1.165, 1.54) is 11.0 Å². The number of carbonyl (C=O) groups is 1. The molecule has 0 saturated carbocycles. The molecule has 0 aliphatic carbocycles. The van der Waals surface area contributed by atoms with Gasteiger partial charge in [-0.1, -0.05) is 19.1 Å². The monoisotopic (exact) mass is 423 g/mol. The van der Waals surface area contributed by atoms with Gasteiger partial charge < -0.3 is 9.84 Å². The highest BCUT2D eigenvalue weighted by molar-refractivity contribution is 5.86. The number of anilines is 1. The molecule has 3 aromatic rings. The molecule has 0 bridgehead atoms. The molecule has 0 radical (unpaired) electrons. The van der Waals surface area contributed by atoms with Crippen molar-refractivity contribution in [2.24, 2.45) is 0 Å². The Morgan fingerprint density at radius 2 is 2.23 bits per heavy atom. The Balaban J connectivity index is 1.58. The molecular weight excluding hydrogens is 398 g/mol. The van der Waals surface area contributed by atoms with E-state index in [0.717, 1.165) is 24.3 Å². The number of amides is 1. The van der Waals surface area contributed by atoms with Crippen LogP contribution < -0.4 is 10.3 Å². The molecular formula is C22H25N5O4. The van der Waals surface area contributed by atoms with Gasteiger partial charge in [0.2, 0.25) is 5.43 Å². The lowest BCUT2D eigenvalue weighted by molar-refractivity contribution is 0.184. The van der Waals surface area contributed by atoms with Crippen molar-refractivity contribution >= 4 is 11.8 Å². The van der Waals surface area contributed by atoms with Crippen LogP contribution in [0.3, 0.4) is 0 Å². The number of hydrogen-bond acceptors (Lipinski definition) is 5. The quantitative estimate of drug-likeness (QED) is 0.627. The van der Waals surface area contributed by atoms with Gasteiger partial charge in [0.1, 0.15) is 11.4 Å². The van der Waals surface area contributed by atoms with Crippen molar-refractivity contribution in [3.63, 3.8) is 0 Å². The second-order valence-corrected chi connectivity index (χ2v) is 7.55. The van der Waals surface area contributed by atoms with E-state index in [1.807, 2.05) is 23.9 Å². The molecule has 1 aromatic carbocycles. The second kappa shape index (κ2) is 9.13. The van der Waals surface area contributed by atoms with Crippen LogP contribution in [0.1, 0.15) is 37.1 Å². The molecule has 1 fully saturated rings. The molecule has 9 nitrogen and oxygen atoms in total. The summed E-state index contributed by atoms with van der Waals surface area (Å²) in [5.41, 5.74) is 2.39. The number of benzene rings is 1. The van der Waals surface area contributed by atoms with Gasteiger partial charge in [-0.05, 0) is 30.5 Å². The number of nitrogens with zero attached hydrogens (tertiary/aromatic N) is 5. The zero-order valence-corrected chi connectivity index (χ0v) is 17.3. The van der Waals surface area contributed by atoms with Crippen molar-refractivity contribution in [3.05, 3.63) is 70.4 Å². The lowest BCUT2D eigenvalue weighted by Gasteiger charge is -2.19. The van der Waals surface area contributed by atoms with Crippen molar-refractivity contribution in [3.8, 4) is 5.69 Å². The van der Waals surface area contributed by atoms with E-state index in [1.54, 1.807) is 35.3 Å². The molecule has 2 aromatic heterocycles. The second-order valence-electron chi connectivity index (χ2n) is 7.55. The first-order chi connectivity index (χ1) is 15.0. The highest BCUT2D eigenvalue weighted by Gasteiger charge is 2.19. The summed E-state index contributed by atoms with van der Waals surface area (Å²) in [5.74, 6) is 0. The summed E-state index contributed by atoms with van der Waals surface area (Å²) in [7, 11) is 0. The van der Waals surface area contributed by atoms with E-state index in [2.05, 4.69) is 10.2 Å². The number of hydrogen-bond donors (Lipinski definition) is 1. The van der Waals surface area contributed by atoms with Crippen LogP contribution in [-0.2, 0) is 11.2 Å². The summed E-state index contributed by atoms with van der Waals surface area (Å²) >= 11 is 0. The average Bonchev–Trinajstić information content (AvgIpc) is 3.45. The fourth-order valence-electron chi connectivity index (χ4n) is 3.68. The van der Waals surface area contributed by atoms with Crippen molar-refractivity contribution in [1.29, 1.82) is 0 Å². The van der Waals surface area contributed by atoms with Crippen molar-refractivity contribution in [1.82, 2.24) is 19.6 Å². The summed E-state index contributed by atoms with van der Waals surface area (Å²) in [6.07, 6.45) is 6.18. The third-order valence-corrected chi connectivity index (χ3v) is 5.28. The average molecular weight is 423 g/mol. The molecule has 1 aliphatic heterocycles. The fraction of sp³-hybridized carbons (Fsp3) is 0.364. The number of rotatable bonds is 7. The van der Waals surface area contributed by atoms with Gasteiger partial charge in [0.05, 0.1) is 25.0 Å². The topological polar surface area (TPSA) is 102 Å². The van der Waals surface area contributed by atoms with Crippen LogP contribution in [0.15, 0.2) is 53.7 Å². The normalized spacial score (nSPS) is 15.8. The molecule has 1 unspecified atom stereocenters. The summed E-state index contributed by atoms with van der Waals surface area (Å²) in [6.45, 7) is 3.71. The molecule has 1 N–H and O–H groups in total. The molecule has 3 heterocycles. The molecule has 31 heavy (non-hydrogen) atoms. The molecule has 1 amide bonds. The Morgan fingerprint density at radius 3 is 2.97 bits per heavy atom. The third-order valence-electron chi connectivity index (χ3n) is 5.28. The minimum atomic E-state index is -0.996. The van der Waals surface area contributed by atoms with Crippen LogP contribution in [0.4, 0.5) is 10.5 Å². The molecule has 1 aliphatic rings. The van der Waals surface area contributed by atoms with Gasteiger partial charge in [-0.2, -0.15) is 10.2 Å². The third kappa shape index (κ3) is 4.66. The highest BCUT2D eigenvalue weighted by Crippen LogP contribution is 2.20. The first kappa shape index (κ1) is 20.8. The van der Waals surface area contributed by atoms with Crippen molar-refractivity contribution < 1.29 is 14.6 Å². The van der Waals surface area contributed by atoms with Gasteiger partial charge in [0.25, 0.3) is 0 Å². The van der Waals surface area contributed by atoms with Crippen LogP contribution in [0.5, 0.6) is 0 Å². The van der Waals surface area contributed by atoms with Crippen LogP contribution in [0.2, 0.25) is 0 Å². The van der Waals surface area contributed by atoms with Gasteiger partial charge in [0, 0.05) is 37.5 Å². The van der Waals surface area contributed by atoms with Crippen LogP contribution in [0.25, 0.3) is 5.69 Å². The molecule has 9 heteroatoms. The van der Waals surface area contributed by atoms with E-state index in [4.69, 9.17) is 4.74 Å². The zero-order valence-electron chi connectivity index (χ0n) is 17.3. The Labute approximate surface area is 179 Å². The molecule has 162 valence electrons. The summed E-state index contributed by atoms with van der Waals surface area (Å²) in [6, 6.07) is 8.92. The molecule has 1 atom stereocenters. The zero-order chi connectivity index (χ0) is 21.8. The van der Waals surface area contributed by atoms with E-state index >= 15 is 0 Å². The predicted molar refractivity (Wildman–Crippen MR) is 115 cm³/mol. The maximum atomic E-state index is 12.4. The van der Waals surface area contributed by atoms with E-state index < -0.39 is 6.09 Å². The van der Waals surface area contributed by atoms with Gasteiger partial charge >= 0.3 is 6.09 Å². The van der Waals surface area contributed by atoms with Crippen molar-refractivity contribution in [2.75, 3.05) is 24.7 Å². The smallest absolute Gasteiger partial charge is 0.411 e. The van der Waals surface area contributed by atoms with Crippen LogP contribution >= 0.6 is 0 Å². The standard InChI is InChI=1S/C22H25N5O4/c1-2-8-25(22(29)30)17-5-3-4-16(11-17)12-20-21(28)6-9-26(24-20)19-13-23-27(14-19)18-7-10-31-15-18/h3-6,9,11,13-14,18H,2,7-8,10,12,15H2,1H3,(H,29,30). The number of carboxylic acid groups (broad SMARTS) is 1. The Bertz CT molecular complexity index is 1120. The maximum Gasteiger partial charge on any atom is 0.411 e. The SMILES string of the molecule is CCCN(C(=O)O)c1cccc(Cc2nn(-c3cnn(C4CCOC4)c3)ccc2=O)c1. The lowest BCUT2D eigenvalue weighted by atomic mass is 10.1. The summed E-state index contributed by atoms with van der Waals surface area (Å²) in [4.78, 5) is 25.3. The number of aromatic nitrogens is 4. The predicted octanol–water partition coefficient (Wildman–Crippen LogP) is 2.88. The molecule has 0 spiro atoms. The van der Waals surface area contributed by atoms with Gasteiger partial charge in [0.15, 0.2) is 0 Å². The lowest BCUT2D eigenvalue weighted by Crippen LogP contribution is -2.29. The molecule has 4 rings (SSSR count). The first-order valence-electron chi connectivity index (χ1n) is 10.4. The van der Waals surface area contributed by atoms with Crippen LogP contribution in [0, 0.1) is 0 Å². The Kier molecular flexibility index (Phi) is 6.13. The van der Waals surface area contributed by atoms with E-state index in [-0.39, 0.29) is 11.5 Å². The minimum Gasteiger partial charge on any atom is -0.465 e. The molecule has 1 saturated heterocycles.